The van der Waals surface area contributed by atoms with Crippen molar-refractivity contribution in [1.82, 2.24) is 14.8 Å². The molecule has 72 valence electrons. The van der Waals surface area contributed by atoms with Gasteiger partial charge in [-0.3, -0.25) is 4.68 Å². The van der Waals surface area contributed by atoms with Gasteiger partial charge in [-0.25, -0.2) is 4.98 Å². The van der Waals surface area contributed by atoms with Crippen molar-refractivity contribution >= 4 is 16.7 Å². The Balaban J connectivity index is 2.34. The predicted octanol–water partition coefficient (Wildman–Crippen LogP) is 1.43. The lowest BCUT2D eigenvalue weighted by Crippen LogP contribution is -1.95. The molecule has 3 rings (SSSR count). The molecule has 0 unspecified atom stereocenters. The van der Waals surface area contributed by atoms with Crippen LogP contribution in [0.15, 0.2) is 12.3 Å². The fraction of sp³-hybridized carbons (Fsp3) is 0.400. The topological polar surface area (TPSA) is 56.7 Å². The van der Waals surface area contributed by atoms with Gasteiger partial charge in [0.2, 0.25) is 0 Å². The zero-order chi connectivity index (χ0) is 9.71. The van der Waals surface area contributed by atoms with Gasteiger partial charge in [-0.05, 0) is 18.9 Å². The molecular weight excluding hydrogens is 176 g/mol. The van der Waals surface area contributed by atoms with Gasteiger partial charge in [-0.15, -0.1) is 0 Å². The lowest BCUT2D eigenvalue weighted by Gasteiger charge is -1.98. The summed E-state index contributed by atoms with van der Waals surface area (Å²) < 4.78 is 1.94. The highest BCUT2D eigenvalue weighted by Crippen LogP contribution is 2.42. The van der Waals surface area contributed by atoms with E-state index in [-0.39, 0.29) is 0 Å². The maximum absolute atomic E-state index is 5.72. The molecule has 2 aromatic rings. The van der Waals surface area contributed by atoms with Gasteiger partial charge in [0.1, 0.15) is 0 Å². The van der Waals surface area contributed by atoms with Crippen LogP contribution in [0.5, 0.6) is 0 Å². The zero-order valence-corrected chi connectivity index (χ0v) is 8.07. The van der Waals surface area contributed by atoms with Crippen LogP contribution in [0.2, 0.25) is 0 Å². The average Bonchev–Trinajstić information content (AvgIpc) is 2.90. The third-order valence-electron chi connectivity index (χ3n) is 2.72. The first-order chi connectivity index (χ1) is 6.75. The summed E-state index contributed by atoms with van der Waals surface area (Å²) in [6.45, 7) is 0. The van der Waals surface area contributed by atoms with E-state index < -0.39 is 0 Å². The molecule has 2 heterocycles. The number of aryl methyl sites for hydroxylation is 1. The molecule has 0 aromatic carbocycles. The molecule has 1 fully saturated rings. The molecule has 1 aliphatic carbocycles. The number of aromatic nitrogens is 3. The van der Waals surface area contributed by atoms with Crippen LogP contribution in [-0.4, -0.2) is 14.8 Å². The lowest BCUT2D eigenvalue weighted by atomic mass is 10.2. The number of pyridine rings is 1. The highest BCUT2D eigenvalue weighted by molar-refractivity contribution is 5.81. The molecule has 14 heavy (non-hydrogen) atoms. The van der Waals surface area contributed by atoms with E-state index in [2.05, 4.69) is 10.1 Å². The summed E-state index contributed by atoms with van der Waals surface area (Å²) in [5.74, 6) is 0.675. The number of nitrogens with two attached hydrogens (primary N) is 1. The summed E-state index contributed by atoms with van der Waals surface area (Å²) in [7, 11) is 1.98. The van der Waals surface area contributed by atoms with Crippen LogP contribution < -0.4 is 5.73 Å². The molecule has 1 aliphatic rings. The Kier molecular flexibility index (Phi) is 1.37. The number of fused-ring (bicyclic) bond motifs is 1. The van der Waals surface area contributed by atoms with Crippen molar-refractivity contribution in [2.45, 2.75) is 18.8 Å². The van der Waals surface area contributed by atoms with Crippen molar-refractivity contribution in [3.63, 3.8) is 0 Å². The van der Waals surface area contributed by atoms with E-state index in [1.165, 1.54) is 18.5 Å². The molecule has 2 aromatic heterocycles. The van der Waals surface area contributed by atoms with E-state index in [0.29, 0.717) is 11.6 Å². The highest BCUT2D eigenvalue weighted by Gasteiger charge is 2.29. The standard InChI is InChI=1S/C10H12N4/c1-14-9(6-2-3-6)8-4-7(11)5-12-10(8)13-14/h4-6H,2-3,11H2,1H3. The van der Waals surface area contributed by atoms with Crippen molar-refractivity contribution in [2.24, 2.45) is 7.05 Å². The molecule has 0 atom stereocenters. The third kappa shape index (κ3) is 0.999. The largest absolute Gasteiger partial charge is 0.397 e. The third-order valence-corrected chi connectivity index (χ3v) is 2.72. The number of nitrogen functional groups attached to an aromatic ring is 1. The van der Waals surface area contributed by atoms with Crippen LogP contribution in [-0.2, 0) is 7.05 Å². The molecule has 0 aliphatic heterocycles. The van der Waals surface area contributed by atoms with Crippen molar-refractivity contribution in [2.75, 3.05) is 5.73 Å². The summed E-state index contributed by atoms with van der Waals surface area (Å²) in [6.07, 6.45) is 4.19. The van der Waals surface area contributed by atoms with Crippen molar-refractivity contribution in [3.8, 4) is 0 Å². The lowest BCUT2D eigenvalue weighted by molar-refractivity contribution is 0.721. The number of anilines is 1. The van der Waals surface area contributed by atoms with Gasteiger partial charge in [0.05, 0.1) is 17.6 Å². The summed E-state index contributed by atoms with van der Waals surface area (Å²) >= 11 is 0. The SMILES string of the molecule is Cn1nc2ncc(N)cc2c1C1CC1. The van der Waals surface area contributed by atoms with E-state index in [9.17, 15) is 0 Å². The Labute approximate surface area is 81.7 Å². The Morgan fingerprint density at radius 3 is 3.00 bits per heavy atom. The first-order valence-corrected chi connectivity index (χ1v) is 4.84. The summed E-state index contributed by atoms with van der Waals surface area (Å²) in [6, 6.07) is 1.98. The summed E-state index contributed by atoms with van der Waals surface area (Å²) in [5, 5.41) is 5.49. The fourth-order valence-corrected chi connectivity index (χ4v) is 1.95. The minimum absolute atomic E-state index is 0.675. The fourth-order valence-electron chi connectivity index (χ4n) is 1.95. The van der Waals surface area contributed by atoms with Gasteiger partial charge in [-0.2, -0.15) is 5.10 Å². The maximum atomic E-state index is 5.72. The number of nitrogens with zero attached hydrogens (tertiary/aromatic N) is 3. The quantitative estimate of drug-likeness (QED) is 0.736. The molecular formula is C10H12N4. The summed E-state index contributed by atoms with van der Waals surface area (Å²) in [5.41, 5.74) is 8.54. The van der Waals surface area contributed by atoms with Gasteiger partial charge < -0.3 is 5.73 Å². The van der Waals surface area contributed by atoms with Crippen LogP contribution in [0.3, 0.4) is 0 Å². The van der Waals surface area contributed by atoms with E-state index >= 15 is 0 Å². The smallest absolute Gasteiger partial charge is 0.181 e. The molecule has 0 saturated heterocycles. The minimum atomic E-state index is 0.675. The Morgan fingerprint density at radius 1 is 1.50 bits per heavy atom. The maximum Gasteiger partial charge on any atom is 0.181 e. The first-order valence-electron chi connectivity index (χ1n) is 4.84. The molecule has 0 radical (unpaired) electrons. The second-order valence-corrected chi connectivity index (χ2v) is 3.92. The van der Waals surface area contributed by atoms with Gasteiger partial charge in [0, 0.05) is 18.4 Å². The van der Waals surface area contributed by atoms with Gasteiger partial charge in [0.15, 0.2) is 5.65 Å². The normalized spacial score (nSPS) is 16.4. The molecule has 0 spiro atoms. The molecule has 4 heteroatoms. The molecule has 2 N–H and O–H groups in total. The Bertz CT molecular complexity index is 496. The van der Waals surface area contributed by atoms with Gasteiger partial charge in [0.25, 0.3) is 0 Å². The average molecular weight is 188 g/mol. The molecule has 4 nitrogen and oxygen atoms in total. The second-order valence-electron chi connectivity index (χ2n) is 3.92. The van der Waals surface area contributed by atoms with E-state index in [4.69, 9.17) is 5.73 Å². The molecule has 0 bridgehead atoms. The Morgan fingerprint density at radius 2 is 2.29 bits per heavy atom. The highest BCUT2D eigenvalue weighted by atomic mass is 15.3. The van der Waals surface area contributed by atoms with E-state index in [0.717, 1.165) is 11.0 Å². The second kappa shape index (κ2) is 2.47. The minimum Gasteiger partial charge on any atom is -0.397 e. The van der Waals surface area contributed by atoms with E-state index in [1.54, 1.807) is 6.20 Å². The number of hydrogen-bond acceptors (Lipinski definition) is 3. The van der Waals surface area contributed by atoms with Gasteiger partial charge in [-0.1, -0.05) is 0 Å². The van der Waals surface area contributed by atoms with Crippen LogP contribution in [0.4, 0.5) is 5.69 Å². The zero-order valence-electron chi connectivity index (χ0n) is 8.07. The number of rotatable bonds is 1. The predicted molar refractivity (Wildman–Crippen MR) is 54.9 cm³/mol. The van der Waals surface area contributed by atoms with Crippen LogP contribution in [0, 0.1) is 0 Å². The van der Waals surface area contributed by atoms with Crippen molar-refractivity contribution in [3.05, 3.63) is 18.0 Å². The number of hydrogen-bond donors (Lipinski definition) is 1. The van der Waals surface area contributed by atoms with Crippen LogP contribution in [0.1, 0.15) is 24.5 Å². The monoisotopic (exact) mass is 188 g/mol. The summed E-state index contributed by atoms with van der Waals surface area (Å²) in [4.78, 5) is 4.22. The molecule has 1 saturated carbocycles. The van der Waals surface area contributed by atoms with Gasteiger partial charge >= 0.3 is 0 Å². The van der Waals surface area contributed by atoms with E-state index in [1.807, 2.05) is 17.8 Å². The first kappa shape index (κ1) is 7.79. The molecule has 0 amide bonds. The van der Waals surface area contributed by atoms with Crippen LogP contribution >= 0.6 is 0 Å². The van der Waals surface area contributed by atoms with Crippen molar-refractivity contribution in [1.29, 1.82) is 0 Å². The Hall–Kier alpha value is -1.58. The van der Waals surface area contributed by atoms with Crippen LogP contribution in [0.25, 0.3) is 11.0 Å². The van der Waals surface area contributed by atoms with Crippen molar-refractivity contribution < 1.29 is 0 Å².